The Kier molecular flexibility index (Phi) is 10.4. The zero-order valence-corrected chi connectivity index (χ0v) is 24.7. The number of carbonyl (C=O) groups excluding carboxylic acids is 2. The van der Waals surface area contributed by atoms with E-state index in [0.29, 0.717) is 21.3 Å². The zero-order chi connectivity index (χ0) is 28.7. The second-order valence-corrected chi connectivity index (χ2v) is 12.1. The minimum atomic E-state index is -4.16. The molecule has 3 aromatic carbocycles. The van der Waals surface area contributed by atoms with E-state index in [1.54, 1.807) is 62.4 Å². The van der Waals surface area contributed by atoms with E-state index < -0.39 is 28.5 Å². The van der Waals surface area contributed by atoms with Gasteiger partial charge in [-0.3, -0.25) is 13.9 Å². The fraction of sp³-hybridized carbons (Fsp3) is 0.310. The number of carbonyl (C=O) groups is 2. The van der Waals surface area contributed by atoms with Crippen molar-refractivity contribution in [2.24, 2.45) is 0 Å². The van der Waals surface area contributed by atoms with Crippen LogP contribution in [0.3, 0.4) is 0 Å². The zero-order valence-electron chi connectivity index (χ0n) is 22.4. The molecule has 208 valence electrons. The van der Waals surface area contributed by atoms with Crippen LogP contribution in [0.2, 0.25) is 10.0 Å². The molecule has 0 heterocycles. The summed E-state index contributed by atoms with van der Waals surface area (Å²) < 4.78 is 28.8. The SMILES string of the molecule is CC[C@@H](C)NC(=O)[C@@H](C)N(Cc1ccc(Cl)cc1)C(=O)CN(c1ccccc1C)S(=O)(=O)c1ccc(Cl)cc1. The van der Waals surface area contributed by atoms with E-state index in [-0.39, 0.29) is 23.4 Å². The molecule has 0 saturated heterocycles. The molecular weight excluding hydrogens is 557 g/mol. The molecule has 0 radical (unpaired) electrons. The minimum Gasteiger partial charge on any atom is -0.352 e. The number of anilines is 1. The third-order valence-electron chi connectivity index (χ3n) is 6.50. The molecule has 0 unspecified atom stereocenters. The predicted octanol–water partition coefficient (Wildman–Crippen LogP) is 5.83. The van der Waals surface area contributed by atoms with Gasteiger partial charge >= 0.3 is 0 Å². The molecule has 0 aliphatic rings. The molecule has 0 saturated carbocycles. The highest BCUT2D eigenvalue weighted by Crippen LogP contribution is 2.28. The van der Waals surface area contributed by atoms with Crippen LogP contribution in [0.25, 0.3) is 0 Å². The Morgan fingerprint density at radius 3 is 2.03 bits per heavy atom. The molecule has 0 aliphatic carbocycles. The Labute approximate surface area is 240 Å². The minimum absolute atomic E-state index is 0.00485. The van der Waals surface area contributed by atoms with Crippen molar-refractivity contribution in [3.8, 4) is 0 Å². The lowest BCUT2D eigenvalue weighted by atomic mass is 10.1. The van der Waals surface area contributed by atoms with Crippen molar-refractivity contribution >= 4 is 50.7 Å². The molecule has 3 aromatic rings. The van der Waals surface area contributed by atoms with Gasteiger partial charge in [0.1, 0.15) is 12.6 Å². The molecule has 0 aliphatic heterocycles. The molecule has 2 atom stereocenters. The summed E-state index contributed by atoms with van der Waals surface area (Å²) in [4.78, 5) is 28.4. The largest absolute Gasteiger partial charge is 0.352 e. The van der Waals surface area contributed by atoms with Crippen molar-refractivity contribution in [3.63, 3.8) is 0 Å². The highest BCUT2D eigenvalue weighted by Gasteiger charge is 2.33. The van der Waals surface area contributed by atoms with Crippen LogP contribution in [0.15, 0.2) is 77.7 Å². The van der Waals surface area contributed by atoms with E-state index in [0.717, 1.165) is 16.3 Å². The van der Waals surface area contributed by atoms with Gasteiger partial charge in [-0.1, -0.05) is 60.5 Å². The second kappa shape index (κ2) is 13.3. The maximum Gasteiger partial charge on any atom is 0.264 e. The first-order chi connectivity index (χ1) is 18.4. The van der Waals surface area contributed by atoms with Crippen molar-refractivity contribution in [3.05, 3.63) is 94.0 Å². The quantitative estimate of drug-likeness (QED) is 0.305. The van der Waals surface area contributed by atoms with E-state index in [2.05, 4.69) is 5.32 Å². The second-order valence-electron chi connectivity index (χ2n) is 9.39. The van der Waals surface area contributed by atoms with Gasteiger partial charge in [0.25, 0.3) is 10.0 Å². The third kappa shape index (κ3) is 7.75. The molecule has 0 aromatic heterocycles. The topological polar surface area (TPSA) is 86.8 Å². The highest BCUT2D eigenvalue weighted by atomic mass is 35.5. The standard InChI is InChI=1S/C29H33Cl2N3O4S/c1-5-21(3)32-29(36)22(4)33(18-23-10-12-24(30)13-11-23)28(35)19-34(27-9-7-6-8-20(27)2)39(37,38)26-16-14-25(31)15-17-26/h6-17,21-22H,5,18-19H2,1-4H3,(H,32,36)/t21-,22-/m1/s1. The van der Waals surface area contributed by atoms with Crippen molar-refractivity contribution in [2.75, 3.05) is 10.8 Å². The van der Waals surface area contributed by atoms with Gasteiger partial charge in [0.05, 0.1) is 10.6 Å². The molecular formula is C29H33Cl2N3O4S. The Morgan fingerprint density at radius 2 is 1.46 bits per heavy atom. The van der Waals surface area contributed by atoms with Crippen LogP contribution in [-0.2, 0) is 26.2 Å². The fourth-order valence-corrected chi connectivity index (χ4v) is 5.66. The molecule has 3 rings (SSSR count). The lowest BCUT2D eigenvalue weighted by Gasteiger charge is -2.33. The molecule has 2 amide bonds. The van der Waals surface area contributed by atoms with Gasteiger partial charge in [-0.15, -0.1) is 0 Å². The molecule has 0 fully saturated rings. The lowest BCUT2D eigenvalue weighted by molar-refractivity contribution is -0.139. The fourth-order valence-electron chi connectivity index (χ4n) is 3.93. The number of nitrogens with one attached hydrogen (secondary N) is 1. The number of halogens is 2. The molecule has 7 nitrogen and oxygen atoms in total. The molecule has 10 heteroatoms. The van der Waals surface area contributed by atoms with Crippen molar-refractivity contribution < 1.29 is 18.0 Å². The summed E-state index contributed by atoms with van der Waals surface area (Å²) in [6.07, 6.45) is 0.726. The van der Waals surface area contributed by atoms with E-state index in [1.807, 2.05) is 13.8 Å². The number of sulfonamides is 1. The number of hydrogen-bond donors (Lipinski definition) is 1. The van der Waals surface area contributed by atoms with Crippen LogP contribution in [0.4, 0.5) is 5.69 Å². The van der Waals surface area contributed by atoms with Gasteiger partial charge in [0, 0.05) is 22.6 Å². The average molecular weight is 591 g/mol. The van der Waals surface area contributed by atoms with Crippen molar-refractivity contribution in [2.45, 2.75) is 57.6 Å². The number of nitrogens with zero attached hydrogens (tertiary/aromatic N) is 2. The predicted molar refractivity (Wildman–Crippen MR) is 157 cm³/mol. The number of amides is 2. The first-order valence-electron chi connectivity index (χ1n) is 12.6. The Balaban J connectivity index is 2.03. The Hall–Kier alpha value is -3.07. The van der Waals surface area contributed by atoms with Gasteiger partial charge in [0.2, 0.25) is 11.8 Å². The first kappa shape index (κ1) is 30.5. The van der Waals surface area contributed by atoms with Crippen LogP contribution in [-0.4, -0.2) is 43.8 Å². The van der Waals surface area contributed by atoms with Gasteiger partial charge in [-0.25, -0.2) is 8.42 Å². The van der Waals surface area contributed by atoms with E-state index in [4.69, 9.17) is 23.2 Å². The van der Waals surface area contributed by atoms with Crippen LogP contribution >= 0.6 is 23.2 Å². The highest BCUT2D eigenvalue weighted by molar-refractivity contribution is 7.92. The average Bonchev–Trinajstić information content (AvgIpc) is 2.91. The first-order valence-corrected chi connectivity index (χ1v) is 14.8. The number of hydrogen-bond acceptors (Lipinski definition) is 4. The number of para-hydroxylation sites is 1. The Morgan fingerprint density at radius 1 is 0.897 bits per heavy atom. The summed E-state index contributed by atoms with van der Waals surface area (Å²) in [5, 5.41) is 3.85. The van der Waals surface area contributed by atoms with Crippen LogP contribution in [0, 0.1) is 6.92 Å². The van der Waals surface area contributed by atoms with Crippen molar-refractivity contribution in [1.29, 1.82) is 0 Å². The van der Waals surface area contributed by atoms with Crippen LogP contribution < -0.4 is 9.62 Å². The number of rotatable bonds is 11. The van der Waals surface area contributed by atoms with Crippen molar-refractivity contribution in [1.82, 2.24) is 10.2 Å². The number of benzene rings is 3. The smallest absolute Gasteiger partial charge is 0.264 e. The summed E-state index contributed by atoms with van der Waals surface area (Å²) in [6.45, 7) is 6.83. The van der Waals surface area contributed by atoms with E-state index in [1.165, 1.54) is 29.2 Å². The van der Waals surface area contributed by atoms with Gasteiger partial charge < -0.3 is 10.2 Å². The van der Waals surface area contributed by atoms with Gasteiger partial charge in [0.15, 0.2) is 0 Å². The summed E-state index contributed by atoms with van der Waals surface area (Å²) in [6, 6.07) is 18.7. The summed E-state index contributed by atoms with van der Waals surface area (Å²) in [5.41, 5.74) is 1.79. The van der Waals surface area contributed by atoms with Gasteiger partial charge in [-0.2, -0.15) is 0 Å². The summed E-state index contributed by atoms with van der Waals surface area (Å²) in [7, 11) is -4.16. The van der Waals surface area contributed by atoms with Crippen LogP contribution in [0.1, 0.15) is 38.3 Å². The molecule has 39 heavy (non-hydrogen) atoms. The van der Waals surface area contributed by atoms with E-state index in [9.17, 15) is 18.0 Å². The lowest BCUT2D eigenvalue weighted by Crippen LogP contribution is -2.52. The normalized spacial score (nSPS) is 12.9. The van der Waals surface area contributed by atoms with Crippen LogP contribution in [0.5, 0.6) is 0 Å². The molecule has 1 N–H and O–H groups in total. The molecule has 0 spiro atoms. The number of aryl methyl sites for hydroxylation is 1. The van der Waals surface area contributed by atoms with E-state index >= 15 is 0 Å². The maximum atomic E-state index is 13.9. The Bertz CT molecular complexity index is 1400. The monoisotopic (exact) mass is 589 g/mol. The maximum absolute atomic E-state index is 13.9. The van der Waals surface area contributed by atoms with Gasteiger partial charge in [-0.05, 0) is 80.8 Å². The summed E-state index contributed by atoms with van der Waals surface area (Å²) >= 11 is 12.0. The third-order valence-corrected chi connectivity index (χ3v) is 8.78. The molecule has 0 bridgehead atoms. The summed E-state index contributed by atoms with van der Waals surface area (Å²) in [5.74, 6) is -0.854.